The van der Waals surface area contributed by atoms with Crippen LogP contribution in [0.4, 0.5) is 0 Å². The van der Waals surface area contributed by atoms with Crippen molar-refractivity contribution in [2.75, 3.05) is 38.5 Å². The molecule has 0 aliphatic carbocycles. The van der Waals surface area contributed by atoms with Crippen LogP contribution in [0.1, 0.15) is 12.0 Å². The van der Waals surface area contributed by atoms with Gasteiger partial charge < -0.3 is 19.3 Å². The van der Waals surface area contributed by atoms with Gasteiger partial charge in [0.1, 0.15) is 6.61 Å². The summed E-state index contributed by atoms with van der Waals surface area (Å²) >= 11 is 0. The Balaban J connectivity index is 1.26. The van der Waals surface area contributed by atoms with Crippen molar-refractivity contribution in [1.82, 2.24) is 9.80 Å². The molecule has 2 amide bonds. The maximum absolute atomic E-state index is 12.8. The van der Waals surface area contributed by atoms with Gasteiger partial charge in [-0.05, 0) is 31.2 Å². The maximum atomic E-state index is 12.8. The maximum Gasteiger partial charge on any atom is 0.267 e. The SMILES string of the molecule is Cc1ccc(S(=O)(=O)CCC(=O)N2CCN(C(=O)[C@H]3COc4ccccc4O3)CC2)cc1. The number of rotatable bonds is 5. The van der Waals surface area contributed by atoms with Crippen molar-refractivity contribution in [1.29, 1.82) is 0 Å². The first-order valence-corrected chi connectivity index (χ1v) is 12.2. The molecule has 9 heteroatoms. The van der Waals surface area contributed by atoms with Crippen LogP contribution < -0.4 is 9.47 Å². The molecule has 0 N–H and O–H groups in total. The molecule has 0 radical (unpaired) electrons. The highest BCUT2D eigenvalue weighted by molar-refractivity contribution is 7.91. The third-order valence-corrected chi connectivity index (χ3v) is 7.42. The number of hydrogen-bond acceptors (Lipinski definition) is 6. The molecule has 0 unspecified atom stereocenters. The molecule has 2 aromatic rings. The lowest BCUT2D eigenvalue weighted by Gasteiger charge is -2.37. The lowest BCUT2D eigenvalue weighted by Crippen LogP contribution is -2.55. The lowest BCUT2D eigenvalue weighted by molar-refractivity contribution is -0.146. The molecule has 2 heterocycles. The summed E-state index contributed by atoms with van der Waals surface area (Å²) < 4.78 is 36.4. The summed E-state index contributed by atoms with van der Waals surface area (Å²) in [6, 6.07) is 13.8. The number of piperazine rings is 1. The van der Waals surface area contributed by atoms with E-state index < -0.39 is 15.9 Å². The minimum absolute atomic E-state index is 0.0828. The molecule has 0 saturated carbocycles. The van der Waals surface area contributed by atoms with Crippen LogP contribution >= 0.6 is 0 Å². The van der Waals surface area contributed by atoms with Crippen LogP contribution in [0.5, 0.6) is 11.5 Å². The Labute approximate surface area is 187 Å². The average molecular weight is 459 g/mol. The van der Waals surface area contributed by atoms with Crippen molar-refractivity contribution in [2.45, 2.75) is 24.3 Å². The van der Waals surface area contributed by atoms with Crippen molar-refractivity contribution < 1.29 is 27.5 Å². The third-order valence-electron chi connectivity index (χ3n) is 5.69. The molecule has 170 valence electrons. The number of carbonyl (C=O) groups excluding carboxylic acids is 2. The second-order valence-corrected chi connectivity index (χ2v) is 10.1. The van der Waals surface area contributed by atoms with E-state index in [1.165, 1.54) is 0 Å². The molecule has 2 aliphatic heterocycles. The number of sulfone groups is 1. The smallest absolute Gasteiger partial charge is 0.267 e. The number of ether oxygens (including phenoxy) is 2. The monoisotopic (exact) mass is 458 g/mol. The number of benzene rings is 2. The second-order valence-electron chi connectivity index (χ2n) is 7.95. The van der Waals surface area contributed by atoms with Crippen LogP contribution in [0.25, 0.3) is 0 Å². The highest BCUT2D eigenvalue weighted by Gasteiger charge is 2.33. The van der Waals surface area contributed by atoms with Gasteiger partial charge >= 0.3 is 0 Å². The number of carbonyl (C=O) groups is 2. The molecule has 0 bridgehead atoms. The zero-order valence-corrected chi connectivity index (χ0v) is 18.7. The summed E-state index contributed by atoms with van der Waals surface area (Å²) in [4.78, 5) is 28.9. The zero-order chi connectivity index (χ0) is 22.7. The Morgan fingerprint density at radius 3 is 2.25 bits per heavy atom. The lowest BCUT2D eigenvalue weighted by atomic mass is 10.2. The van der Waals surface area contributed by atoms with E-state index in [0.29, 0.717) is 37.7 Å². The molecule has 1 fully saturated rings. The van der Waals surface area contributed by atoms with Crippen LogP contribution in [-0.4, -0.2) is 74.7 Å². The van der Waals surface area contributed by atoms with Crippen LogP contribution in [0, 0.1) is 6.92 Å². The Morgan fingerprint density at radius 1 is 0.938 bits per heavy atom. The van der Waals surface area contributed by atoms with E-state index in [-0.39, 0.29) is 35.5 Å². The minimum Gasteiger partial charge on any atom is -0.485 e. The summed E-state index contributed by atoms with van der Waals surface area (Å²) in [6.07, 6.45) is -0.799. The van der Waals surface area contributed by atoms with Gasteiger partial charge in [-0.2, -0.15) is 0 Å². The average Bonchev–Trinajstić information content (AvgIpc) is 2.82. The van der Waals surface area contributed by atoms with Gasteiger partial charge in [0.2, 0.25) is 12.0 Å². The van der Waals surface area contributed by atoms with E-state index in [9.17, 15) is 18.0 Å². The summed E-state index contributed by atoms with van der Waals surface area (Å²) in [5.41, 5.74) is 0.974. The van der Waals surface area contributed by atoms with Crippen molar-refractivity contribution in [2.24, 2.45) is 0 Å². The number of para-hydroxylation sites is 2. The summed E-state index contributed by atoms with van der Waals surface area (Å²) in [5.74, 6) is 0.529. The molecule has 1 atom stereocenters. The molecule has 2 aliphatic rings. The fourth-order valence-corrected chi connectivity index (χ4v) is 4.99. The summed E-state index contributed by atoms with van der Waals surface area (Å²) in [6.45, 7) is 3.49. The van der Waals surface area contributed by atoms with E-state index in [1.54, 1.807) is 46.2 Å². The predicted octanol–water partition coefficient (Wildman–Crippen LogP) is 1.67. The largest absolute Gasteiger partial charge is 0.485 e. The van der Waals surface area contributed by atoms with E-state index in [4.69, 9.17) is 9.47 Å². The number of nitrogens with zero attached hydrogens (tertiary/aromatic N) is 2. The third kappa shape index (κ3) is 4.88. The highest BCUT2D eigenvalue weighted by Crippen LogP contribution is 2.31. The minimum atomic E-state index is -3.52. The molecular formula is C23H26N2O6S. The van der Waals surface area contributed by atoms with Gasteiger partial charge in [-0.15, -0.1) is 0 Å². The van der Waals surface area contributed by atoms with Gasteiger partial charge in [0.25, 0.3) is 5.91 Å². The van der Waals surface area contributed by atoms with Gasteiger partial charge in [-0.25, -0.2) is 8.42 Å². The quantitative estimate of drug-likeness (QED) is 0.677. The topological polar surface area (TPSA) is 93.2 Å². The van der Waals surface area contributed by atoms with Crippen molar-refractivity contribution in [3.63, 3.8) is 0 Å². The van der Waals surface area contributed by atoms with E-state index in [1.807, 2.05) is 19.1 Å². The Hall–Kier alpha value is -3.07. The fraction of sp³-hybridized carbons (Fsp3) is 0.391. The fourth-order valence-electron chi connectivity index (χ4n) is 3.76. The number of fused-ring (bicyclic) bond motifs is 1. The second kappa shape index (κ2) is 9.20. The zero-order valence-electron chi connectivity index (χ0n) is 17.9. The van der Waals surface area contributed by atoms with Gasteiger partial charge in [0, 0.05) is 32.6 Å². The molecule has 32 heavy (non-hydrogen) atoms. The molecule has 0 spiro atoms. The van der Waals surface area contributed by atoms with Crippen LogP contribution in [0.2, 0.25) is 0 Å². The van der Waals surface area contributed by atoms with E-state index in [0.717, 1.165) is 5.56 Å². The van der Waals surface area contributed by atoms with Crippen molar-refractivity contribution in [3.05, 3.63) is 54.1 Å². The Morgan fingerprint density at radius 2 is 1.56 bits per heavy atom. The Kier molecular flexibility index (Phi) is 6.36. The van der Waals surface area contributed by atoms with E-state index in [2.05, 4.69) is 0 Å². The van der Waals surface area contributed by atoms with Crippen molar-refractivity contribution in [3.8, 4) is 11.5 Å². The number of amides is 2. The van der Waals surface area contributed by atoms with Crippen molar-refractivity contribution >= 4 is 21.7 Å². The van der Waals surface area contributed by atoms with Gasteiger partial charge in [0.15, 0.2) is 21.3 Å². The van der Waals surface area contributed by atoms with E-state index >= 15 is 0 Å². The molecule has 4 rings (SSSR count). The highest BCUT2D eigenvalue weighted by atomic mass is 32.2. The molecular weight excluding hydrogens is 432 g/mol. The van der Waals surface area contributed by atoms with Gasteiger partial charge in [0.05, 0.1) is 10.6 Å². The van der Waals surface area contributed by atoms with Crippen LogP contribution in [0.3, 0.4) is 0 Å². The summed E-state index contributed by atoms with van der Waals surface area (Å²) in [7, 11) is -3.52. The van der Waals surface area contributed by atoms with Gasteiger partial charge in [-0.1, -0.05) is 29.8 Å². The molecule has 0 aromatic heterocycles. The van der Waals surface area contributed by atoms with Crippen LogP contribution in [0.15, 0.2) is 53.4 Å². The normalized spacial score (nSPS) is 18.3. The van der Waals surface area contributed by atoms with Crippen LogP contribution in [-0.2, 0) is 19.4 Å². The molecule has 2 aromatic carbocycles. The number of hydrogen-bond donors (Lipinski definition) is 0. The number of aryl methyl sites for hydroxylation is 1. The molecule has 8 nitrogen and oxygen atoms in total. The first-order chi connectivity index (χ1) is 15.3. The predicted molar refractivity (Wildman–Crippen MR) is 117 cm³/mol. The van der Waals surface area contributed by atoms with Gasteiger partial charge in [-0.3, -0.25) is 9.59 Å². The molecule has 1 saturated heterocycles. The first-order valence-electron chi connectivity index (χ1n) is 10.6. The standard InChI is InChI=1S/C23H26N2O6S/c1-17-6-8-18(9-7-17)32(28,29)15-10-22(26)24-11-13-25(14-12-24)23(27)21-16-30-19-4-2-3-5-20(19)31-21/h2-9,21H,10-16H2,1H3/t21-/m1/s1. The first kappa shape index (κ1) is 22.1. The summed E-state index contributed by atoms with van der Waals surface area (Å²) in [5, 5.41) is 0. The Bertz CT molecular complexity index is 1090.